The number of carbonyl (C=O) groups is 1. The molecule has 0 N–H and O–H groups in total. The third-order valence-electron chi connectivity index (χ3n) is 5.94. The second-order valence-corrected chi connectivity index (χ2v) is 9.96. The molecule has 0 unspecified atom stereocenters. The fourth-order valence-electron chi connectivity index (χ4n) is 4.09. The molecule has 5 rings (SSSR count). The Labute approximate surface area is 193 Å². The van der Waals surface area contributed by atoms with Crippen LogP contribution in [0.5, 0.6) is 11.5 Å². The summed E-state index contributed by atoms with van der Waals surface area (Å²) in [6, 6.07) is 16.5. The van der Waals surface area contributed by atoms with E-state index < -0.39 is 10.0 Å². The highest BCUT2D eigenvalue weighted by Crippen LogP contribution is 2.33. The van der Waals surface area contributed by atoms with E-state index in [0.717, 1.165) is 11.3 Å². The summed E-state index contributed by atoms with van der Waals surface area (Å²) in [7, 11) is -3.67. The summed E-state index contributed by atoms with van der Waals surface area (Å²) in [4.78, 5) is 14.7. The Morgan fingerprint density at radius 3 is 2.21 bits per heavy atom. The predicted molar refractivity (Wildman–Crippen MR) is 122 cm³/mol. The van der Waals surface area contributed by atoms with Crippen molar-refractivity contribution in [1.82, 2.24) is 13.8 Å². The average molecular weight is 468 g/mol. The highest BCUT2D eigenvalue weighted by molar-refractivity contribution is 7.89. The molecular formula is C24H25N3O5S. The Bertz CT molecular complexity index is 1230. The second-order valence-electron chi connectivity index (χ2n) is 8.02. The maximum absolute atomic E-state index is 13.1. The van der Waals surface area contributed by atoms with Gasteiger partial charge in [-0.1, -0.05) is 12.1 Å². The highest BCUT2D eigenvalue weighted by atomic mass is 32.2. The van der Waals surface area contributed by atoms with Crippen molar-refractivity contribution in [3.05, 3.63) is 72.6 Å². The zero-order chi connectivity index (χ0) is 22.8. The lowest BCUT2D eigenvalue weighted by molar-refractivity contribution is -0.131. The number of carbonyl (C=O) groups excluding carboxylic acids is 1. The van der Waals surface area contributed by atoms with Crippen LogP contribution in [0, 0.1) is 0 Å². The summed E-state index contributed by atoms with van der Waals surface area (Å²) in [6.45, 7) is 2.09. The fourth-order valence-corrected chi connectivity index (χ4v) is 5.53. The van der Waals surface area contributed by atoms with Crippen molar-refractivity contribution in [2.45, 2.75) is 11.3 Å². The van der Waals surface area contributed by atoms with E-state index in [-0.39, 0.29) is 23.9 Å². The molecule has 0 bridgehead atoms. The number of benzene rings is 2. The molecule has 0 aliphatic carbocycles. The van der Waals surface area contributed by atoms with Crippen molar-refractivity contribution in [3.8, 4) is 17.2 Å². The molecule has 2 aliphatic rings. The summed E-state index contributed by atoms with van der Waals surface area (Å²) in [5, 5.41) is 0. The molecule has 1 aromatic heterocycles. The van der Waals surface area contributed by atoms with Crippen LogP contribution in [0.25, 0.3) is 5.69 Å². The van der Waals surface area contributed by atoms with Crippen LogP contribution in [0.15, 0.2) is 71.9 Å². The minimum atomic E-state index is -3.67. The van der Waals surface area contributed by atoms with Gasteiger partial charge in [0, 0.05) is 50.3 Å². The number of amides is 1. The number of nitrogens with zero attached hydrogens (tertiary/aromatic N) is 3. The SMILES string of the molecule is O=C(Cc1ccc(-n2cccc2)cc1)N1CCN(S(=O)(=O)c2ccc3c(c2)OCCO3)CC1. The van der Waals surface area contributed by atoms with Crippen molar-refractivity contribution < 1.29 is 22.7 Å². The van der Waals surface area contributed by atoms with E-state index in [2.05, 4.69) is 0 Å². The molecule has 0 spiro atoms. The molecule has 3 aromatic rings. The zero-order valence-corrected chi connectivity index (χ0v) is 18.9. The van der Waals surface area contributed by atoms with Gasteiger partial charge in [-0.2, -0.15) is 4.31 Å². The highest BCUT2D eigenvalue weighted by Gasteiger charge is 2.31. The van der Waals surface area contributed by atoms with Crippen LogP contribution >= 0.6 is 0 Å². The minimum absolute atomic E-state index is 0.0000849. The quantitative estimate of drug-likeness (QED) is 0.575. The number of piperazine rings is 1. The second kappa shape index (κ2) is 8.92. The molecule has 2 aromatic carbocycles. The summed E-state index contributed by atoms with van der Waals surface area (Å²) in [5.74, 6) is 0.996. The average Bonchev–Trinajstić information content (AvgIpc) is 3.39. The van der Waals surface area contributed by atoms with Crippen LogP contribution in [0.4, 0.5) is 0 Å². The minimum Gasteiger partial charge on any atom is -0.486 e. The Balaban J connectivity index is 1.19. The number of rotatable bonds is 5. The Hall–Kier alpha value is -3.30. The van der Waals surface area contributed by atoms with Crippen LogP contribution < -0.4 is 9.47 Å². The smallest absolute Gasteiger partial charge is 0.243 e. The van der Waals surface area contributed by atoms with Crippen molar-refractivity contribution >= 4 is 15.9 Å². The molecule has 172 valence electrons. The maximum atomic E-state index is 13.1. The lowest BCUT2D eigenvalue weighted by atomic mass is 10.1. The van der Waals surface area contributed by atoms with Gasteiger partial charge >= 0.3 is 0 Å². The normalized spacial score (nSPS) is 16.5. The van der Waals surface area contributed by atoms with Gasteiger partial charge in [-0.3, -0.25) is 4.79 Å². The molecule has 1 amide bonds. The lowest BCUT2D eigenvalue weighted by Gasteiger charge is -2.34. The van der Waals surface area contributed by atoms with E-state index in [0.29, 0.717) is 44.2 Å². The van der Waals surface area contributed by atoms with E-state index in [9.17, 15) is 13.2 Å². The molecule has 3 heterocycles. The van der Waals surface area contributed by atoms with Crippen molar-refractivity contribution in [2.24, 2.45) is 0 Å². The van der Waals surface area contributed by atoms with E-state index in [1.165, 1.54) is 16.4 Å². The summed E-state index contributed by atoms with van der Waals surface area (Å²) in [6.07, 6.45) is 4.23. The Morgan fingerprint density at radius 1 is 0.848 bits per heavy atom. The first-order valence-corrected chi connectivity index (χ1v) is 12.3. The van der Waals surface area contributed by atoms with E-state index in [4.69, 9.17) is 9.47 Å². The van der Waals surface area contributed by atoms with Gasteiger partial charge in [0.2, 0.25) is 15.9 Å². The first-order valence-electron chi connectivity index (χ1n) is 10.9. The van der Waals surface area contributed by atoms with Crippen molar-refractivity contribution in [2.75, 3.05) is 39.4 Å². The first kappa shape index (κ1) is 21.5. The van der Waals surface area contributed by atoms with E-state index in [1.807, 2.05) is 53.4 Å². The molecule has 1 saturated heterocycles. The predicted octanol–water partition coefficient (Wildman–Crippen LogP) is 2.32. The number of ether oxygens (including phenoxy) is 2. The Morgan fingerprint density at radius 2 is 1.52 bits per heavy atom. The number of hydrogen-bond donors (Lipinski definition) is 0. The topological polar surface area (TPSA) is 81.1 Å². The third kappa shape index (κ3) is 4.46. The molecule has 9 heteroatoms. The molecule has 8 nitrogen and oxygen atoms in total. The lowest BCUT2D eigenvalue weighted by Crippen LogP contribution is -2.50. The zero-order valence-electron chi connectivity index (χ0n) is 18.1. The Kier molecular flexibility index (Phi) is 5.82. The van der Waals surface area contributed by atoms with Gasteiger partial charge in [0.15, 0.2) is 11.5 Å². The van der Waals surface area contributed by atoms with Crippen molar-refractivity contribution in [1.29, 1.82) is 0 Å². The number of sulfonamides is 1. The fraction of sp³-hybridized carbons (Fsp3) is 0.292. The van der Waals surface area contributed by atoms with Gasteiger partial charge in [-0.05, 0) is 42.0 Å². The summed E-state index contributed by atoms with van der Waals surface area (Å²) < 4.78 is 40.6. The molecule has 33 heavy (non-hydrogen) atoms. The van der Waals surface area contributed by atoms with E-state index >= 15 is 0 Å². The van der Waals surface area contributed by atoms with Gasteiger partial charge in [-0.15, -0.1) is 0 Å². The third-order valence-corrected chi connectivity index (χ3v) is 7.83. The van der Waals surface area contributed by atoms with Gasteiger partial charge in [0.05, 0.1) is 11.3 Å². The number of aromatic nitrogens is 1. The van der Waals surface area contributed by atoms with Gasteiger partial charge in [-0.25, -0.2) is 8.42 Å². The molecular weight excluding hydrogens is 442 g/mol. The van der Waals surface area contributed by atoms with Gasteiger partial charge < -0.3 is 18.9 Å². The summed E-state index contributed by atoms with van der Waals surface area (Å²) in [5.41, 5.74) is 1.97. The number of fused-ring (bicyclic) bond motifs is 1. The number of hydrogen-bond acceptors (Lipinski definition) is 5. The summed E-state index contributed by atoms with van der Waals surface area (Å²) >= 11 is 0. The molecule has 1 fully saturated rings. The van der Waals surface area contributed by atoms with Crippen molar-refractivity contribution in [3.63, 3.8) is 0 Å². The largest absolute Gasteiger partial charge is 0.486 e. The monoisotopic (exact) mass is 467 g/mol. The molecule has 0 saturated carbocycles. The van der Waals surface area contributed by atoms with Crippen LogP contribution in [0.1, 0.15) is 5.56 Å². The molecule has 2 aliphatic heterocycles. The molecule has 0 radical (unpaired) electrons. The molecule has 0 atom stereocenters. The van der Waals surface area contributed by atoms with Crippen LogP contribution in [0.3, 0.4) is 0 Å². The van der Waals surface area contributed by atoms with E-state index in [1.54, 1.807) is 11.0 Å². The van der Waals surface area contributed by atoms with Gasteiger partial charge in [0.1, 0.15) is 13.2 Å². The standard InChI is InChI=1S/C24H25N3O5S/c28-24(17-19-3-5-20(6-4-19)25-9-1-2-10-25)26-11-13-27(14-12-26)33(29,30)21-7-8-22-23(18-21)32-16-15-31-22/h1-10,18H,11-17H2. The maximum Gasteiger partial charge on any atom is 0.243 e. The van der Waals surface area contributed by atoms with Crippen LogP contribution in [0.2, 0.25) is 0 Å². The first-order chi connectivity index (χ1) is 16.0. The van der Waals surface area contributed by atoms with Crippen LogP contribution in [-0.4, -0.2) is 67.5 Å². The van der Waals surface area contributed by atoms with Crippen LogP contribution in [-0.2, 0) is 21.2 Å². The van der Waals surface area contributed by atoms with Gasteiger partial charge in [0.25, 0.3) is 0 Å².